The Bertz CT molecular complexity index is 963. The van der Waals surface area contributed by atoms with Crippen molar-refractivity contribution in [2.45, 2.75) is 25.7 Å². The van der Waals surface area contributed by atoms with Crippen LogP contribution in [0.25, 0.3) is 11.1 Å². The van der Waals surface area contributed by atoms with Crippen LogP contribution in [-0.2, 0) is 9.53 Å². The van der Waals surface area contributed by atoms with E-state index in [9.17, 15) is 18.4 Å². The molecule has 8 heteroatoms. The Kier molecular flexibility index (Phi) is 5.83. The molecule has 1 saturated carbocycles. The predicted octanol–water partition coefficient (Wildman–Crippen LogP) is 4.01. The molecular formula is C22H22F2N3O3+. The third-order valence-electron chi connectivity index (χ3n) is 5.54. The third kappa shape index (κ3) is 4.69. The molecule has 0 bridgehead atoms. The van der Waals surface area contributed by atoms with Crippen LogP contribution in [0.1, 0.15) is 25.7 Å². The highest BCUT2D eigenvalue weighted by Crippen LogP contribution is 2.29. The summed E-state index contributed by atoms with van der Waals surface area (Å²) in [6, 6.07) is 6.56. The van der Waals surface area contributed by atoms with Crippen molar-refractivity contribution in [1.82, 2.24) is 4.98 Å². The molecule has 0 radical (unpaired) electrons. The number of benzene rings is 1. The Morgan fingerprint density at radius 3 is 2.43 bits per heavy atom. The van der Waals surface area contributed by atoms with E-state index in [0.29, 0.717) is 30.1 Å². The average Bonchev–Trinajstić information content (AvgIpc) is 3.13. The van der Waals surface area contributed by atoms with Gasteiger partial charge in [-0.3, -0.25) is 4.79 Å². The quantitative estimate of drug-likeness (QED) is 0.768. The molecule has 2 fully saturated rings. The number of hydrogen-bond acceptors (Lipinski definition) is 4. The normalized spacial score (nSPS) is 22.7. The summed E-state index contributed by atoms with van der Waals surface area (Å²) in [4.78, 5) is 28.3. The van der Waals surface area contributed by atoms with Crippen LogP contribution in [0.3, 0.4) is 0 Å². The molecule has 0 unspecified atom stereocenters. The van der Waals surface area contributed by atoms with Crippen LogP contribution in [0.2, 0.25) is 0 Å². The molecule has 0 spiro atoms. The van der Waals surface area contributed by atoms with Gasteiger partial charge in [0.15, 0.2) is 19.4 Å². The van der Waals surface area contributed by atoms with Gasteiger partial charge in [0.2, 0.25) is 5.91 Å². The molecule has 1 aliphatic carbocycles. The lowest BCUT2D eigenvalue weighted by Gasteiger charge is -2.24. The third-order valence-corrected chi connectivity index (χ3v) is 5.54. The number of pyridine rings is 1. The molecule has 4 rings (SSSR count). The summed E-state index contributed by atoms with van der Waals surface area (Å²) < 4.78 is 33.3. The number of aromatic nitrogens is 1. The smallest absolute Gasteiger partial charge is 0.405 e. The fourth-order valence-electron chi connectivity index (χ4n) is 3.91. The predicted molar refractivity (Wildman–Crippen MR) is 106 cm³/mol. The fraction of sp³-hybridized carbons (Fsp3) is 0.364. The lowest BCUT2D eigenvalue weighted by Crippen LogP contribution is -2.29. The first kappa shape index (κ1) is 20.1. The Morgan fingerprint density at radius 2 is 1.83 bits per heavy atom. The molecule has 156 valence electrons. The number of hydrogen-bond donors (Lipinski definition) is 1. The lowest BCUT2D eigenvalue weighted by atomic mass is 9.82. The molecule has 0 atom stereocenters. The number of nitrogens with one attached hydrogen (secondary N) is 1. The summed E-state index contributed by atoms with van der Waals surface area (Å²) in [6.45, 7) is 1.01. The SMILES string of the molecule is O=C(Nc1ccc(-c2cc(F)cc(F)c2)cn1)C1CCC(C=[N+]2CCOC2=O)CC1. The Morgan fingerprint density at radius 1 is 1.10 bits per heavy atom. The van der Waals surface area contributed by atoms with Gasteiger partial charge in [-0.1, -0.05) is 0 Å². The molecule has 1 N–H and O–H groups in total. The maximum atomic E-state index is 13.4. The van der Waals surface area contributed by atoms with Crippen molar-refractivity contribution in [3.05, 3.63) is 48.2 Å². The number of cyclic esters (lactones) is 1. The van der Waals surface area contributed by atoms with Gasteiger partial charge in [0.25, 0.3) is 0 Å². The summed E-state index contributed by atoms with van der Waals surface area (Å²) in [5.74, 6) is -0.850. The zero-order valence-electron chi connectivity index (χ0n) is 16.3. The molecule has 6 nitrogen and oxygen atoms in total. The molecule has 30 heavy (non-hydrogen) atoms. The maximum Gasteiger partial charge on any atom is 0.596 e. The van der Waals surface area contributed by atoms with E-state index in [1.807, 2.05) is 6.21 Å². The monoisotopic (exact) mass is 414 g/mol. The van der Waals surface area contributed by atoms with E-state index in [0.717, 1.165) is 31.7 Å². The second-order valence-corrected chi connectivity index (χ2v) is 7.65. The van der Waals surface area contributed by atoms with Gasteiger partial charge in [-0.15, -0.1) is 4.58 Å². The average molecular weight is 414 g/mol. The molecule has 1 aliphatic heterocycles. The van der Waals surface area contributed by atoms with Gasteiger partial charge in [-0.25, -0.2) is 13.8 Å². The molecule has 1 saturated heterocycles. The van der Waals surface area contributed by atoms with E-state index in [-0.39, 0.29) is 23.8 Å². The van der Waals surface area contributed by atoms with Crippen LogP contribution < -0.4 is 5.32 Å². The highest BCUT2D eigenvalue weighted by molar-refractivity contribution is 5.92. The number of carbonyl (C=O) groups excluding carboxylic acids is 2. The molecule has 2 aliphatic rings. The Hall–Kier alpha value is -3.16. The Labute approximate surface area is 172 Å². The van der Waals surface area contributed by atoms with E-state index in [2.05, 4.69) is 10.3 Å². The summed E-state index contributed by atoms with van der Waals surface area (Å²) >= 11 is 0. The first-order chi connectivity index (χ1) is 14.5. The molecule has 2 heterocycles. The van der Waals surface area contributed by atoms with Crippen LogP contribution >= 0.6 is 0 Å². The molecular weight excluding hydrogens is 392 g/mol. The van der Waals surface area contributed by atoms with Crippen molar-refractivity contribution >= 4 is 24.0 Å². The first-order valence-electron chi connectivity index (χ1n) is 10.00. The number of halogens is 2. The fourth-order valence-corrected chi connectivity index (χ4v) is 3.91. The number of anilines is 1. The molecule has 2 aromatic rings. The summed E-state index contributed by atoms with van der Waals surface area (Å²) in [5, 5.41) is 2.82. The van der Waals surface area contributed by atoms with Gasteiger partial charge in [-0.2, -0.15) is 4.79 Å². The van der Waals surface area contributed by atoms with Crippen LogP contribution in [0, 0.1) is 23.5 Å². The summed E-state index contributed by atoms with van der Waals surface area (Å²) in [5.41, 5.74) is 0.942. The molecule has 2 amide bonds. The minimum atomic E-state index is -0.656. The van der Waals surface area contributed by atoms with Crippen LogP contribution in [0.15, 0.2) is 36.5 Å². The summed E-state index contributed by atoms with van der Waals surface area (Å²) in [7, 11) is 0. The van der Waals surface area contributed by atoms with Crippen molar-refractivity contribution in [1.29, 1.82) is 0 Å². The van der Waals surface area contributed by atoms with Gasteiger partial charge < -0.3 is 10.1 Å². The van der Waals surface area contributed by atoms with E-state index >= 15 is 0 Å². The second-order valence-electron chi connectivity index (χ2n) is 7.65. The number of rotatable bonds is 4. The largest absolute Gasteiger partial charge is 0.596 e. The number of amides is 2. The summed E-state index contributed by atoms with van der Waals surface area (Å²) in [6.07, 6.45) is 6.24. The van der Waals surface area contributed by atoms with Crippen molar-refractivity contribution in [2.75, 3.05) is 18.5 Å². The van der Waals surface area contributed by atoms with Crippen molar-refractivity contribution in [3.63, 3.8) is 0 Å². The van der Waals surface area contributed by atoms with Crippen LogP contribution in [0.4, 0.5) is 19.4 Å². The van der Waals surface area contributed by atoms with E-state index in [1.54, 1.807) is 16.7 Å². The lowest BCUT2D eigenvalue weighted by molar-refractivity contribution is -0.410. The van der Waals surface area contributed by atoms with E-state index in [1.165, 1.54) is 18.3 Å². The highest BCUT2D eigenvalue weighted by Gasteiger charge is 2.32. The van der Waals surface area contributed by atoms with E-state index < -0.39 is 11.6 Å². The van der Waals surface area contributed by atoms with Gasteiger partial charge in [-0.05, 0) is 55.5 Å². The Balaban J connectivity index is 1.32. The minimum absolute atomic E-state index is 0.0916. The van der Waals surface area contributed by atoms with Crippen molar-refractivity contribution in [2.24, 2.45) is 11.8 Å². The van der Waals surface area contributed by atoms with Gasteiger partial charge in [0, 0.05) is 29.7 Å². The zero-order chi connectivity index (χ0) is 21.1. The highest BCUT2D eigenvalue weighted by atomic mass is 19.1. The van der Waals surface area contributed by atoms with Crippen LogP contribution in [0.5, 0.6) is 0 Å². The number of nitrogens with zero attached hydrogens (tertiary/aromatic N) is 2. The standard InChI is InChI=1S/C22H21F2N3O3/c23-18-9-17(10-19(24)11-18)16-5-6-20(25-12-16)26-21(28)15-3-1-14(2-4-15)13-27-7-8-30-22(27)29/h5-6,9-15H,1-4,7-8H2/p+1. The van der Waals surface area contributed by atoms with Gasteiger partial charge in [0.05, 0.1) is 0 Å². The van der Waals surface area contributed by atoms with Gasteiger partial charge in [0.1, 0.15) is 17.5 Å². The van der Waals surface area contributed by atoms with Gasteiger partial charge >= 0.3 is 6.09 Å². The van der Waals surface area contributed by atoms with E-state index in [4.69, 9.17) is 4.74 Å². The zero-order valence-corrected chi connectivity index (χ0v) is 16.3. The number of ether oxygens (including phenoxy) is 1. The number of carbonyl (C=O) groups is 2. The van der Waals surface area contributed by atoms with Crippen LogP contribution in [-0.4, -0.2) is 40.9 Å². The molecule has 1 aromatic heterocycles. The van der Waals surface area contributed by atoms with Crippen molar-refractivity contribution < 1.29 is 27.7 Å². The first-order valence-corrected chi connectivity index (χ1v) is 10.00. The second kappa shape index (κ2) is 8.69. The maximum absolute atomic E-state index is 13.4. The molecule has 1 aromatic carbocycles. The minimum Gasteiger partial charge on any atom is -0.405 e. The van der Waals surface area contributed by atoms with Crippen molar-refractivity contribution in [3.8, 4) is 11.1 Å². The topological polar surface area (TPSA) is 71.3 Å².